The molecule has 2 heterocycles. The molecule has 120 valence electrons. The van der Waals surface area contributed by atoms with E-state index in [1.54, 1.807) is 0 Å². The molecule has 2 aliphatic rings. The number of ether oxygens (including phenoxy) is 1. The lowest BCUT2D eigenvalue weighted by molar-refractivity contribution is -0.149. The second-order valence-corrected chi connectivity index (χ2v) is 6.23. The van der Waals surface area contributed by atoms with Crippen molar-refractivity contribution in [3.63, 3.8) is 0 Å². The Morgan fingerprint density at radius 3 is 2.43 bits per heavy atom. The second-order valence-electron chi connectivity index (χ2n) is 6.23. The molecule has 21 heavy (non-hydrogen) atoms. The first-order valence-corrected chi connectivity index (χ1v) is 8.30. The minimum Gasteiger partial charge on any atom is -0.466 e. The first-order chi connectivity index (χ1) is 10.1. The van der Waals surface area contributed by atoms with Crippen molar-refractivity contribution in [3.05, 3.63) is 0 Å². The molecule has 0 radical (unpaired) electrons. The average Bonchev–Trinajstić information content (AvgIpc) is 2.48. The number of hydrogen-bond donors (Lipinski definition) is 0. The maximum absolute atomic E-state index is 12.4. The third-order valence-corrected chi connectivity index (χ3v) is 4.69. The fourth-order valence-electron chi connectivity index (χ4n) is 3.34. The Kier molecular flexibility index (Phi) is 6.03. The van der Waals surface area contributed by atoms with Gasteiger partial charge in [-0.05, 0) is 59.0 Å². The second kappa shape index (κ2) is 7.78. The van der Waals surface area contributed by atoms with Crippen molar-refractivity contribution in [2.45, 2.75) is 52.0 Å². The van der Waals surface area contributed by atoms with Gasteiger partial charge in [0, 0.05) is 12.6 Å². The summed E-state index contributed by atoms with van der Waals surface area (Å²) in [6.07, 6.45) is 5.09. The summed E-state index contributed by atoms with van der Waals surface area (Å²) in [5.74, 6) is 0.190. The van der Waals surface area contributed by atoms with E-state index in [4.69, 9.17) is 4.74 Å². The molecular formula is C16H28N2O3. The van der Waals surface area contributed by atoms with Crippen LogP contribution in [0.1, 0.15) is 46.0 Å². The molecular weight excluding hydrogens is 268 g/mol. The van der Waals surface area contributed by atoms with Gasteiger partial charge in [0.1, 0.15) is 0 Å². The van der Waals surface area contributed by atoms with Crippen LogP contribution in [-0.4, -0.2) is 60.5 Å². The Hall–Kier alpha value is -1.10. The third-order valence-electron chi connectivity index (χ3n) is 4.69. The lowest BCUT2D eigenvalue weighted by atomic mass is 9.97. The van der Waals surface area contributed by atoms with Crippen molar-refractivity contribution in [3.8, 4) is 0 Å². The summed E-state index contributed by atoms with van der Waals surface area (Å²) in [7, 11) is 0. The van der Waals surface area contributed by atoms with Gasteiger partial charge < -0.3 is 9.64 Å². The quantitative estimate of drug-likeness (QED) is 0.740. The van der Waals surface area contributed by atoms with E-state index < -0.39 is 0 Å². The van der Waals surface area contributed by atoms with Gasteiger partial charge in [0.2, 0.25) is 5.91 Å². The van der Waals surface area contributed by atoms with Crippen molar-refractivity contribution in [2.75, 3.05) is 32.8 Å². The van der Waals surface area contributed by atoms with E-state index in [0.717, 1.165) is 45.3 Å². The molecule has 2 saturated heterocycles. The number of rotatable bonds is 4. The number of likely N-dealkylation sites (tertiary alicyclic amines) is 2. The molecule has 0 spiro atoms. The molecule has 0 aliphatic carbocycles. The van der Waals surface area contributed by atoms with Crippen LogP contribution in [0.25, 0.3) is 0 Å². The Balaban J connectivity index is 1.75. The highest BCUT2D eigenvalue weighted by Gasteiger charge is 2.29. The molecule has 1 atom stereocenters. The zero-order chi connectivity index (χ0) is 15.2. The highest BCUT2D eigenvalue weighted by Crippen LogP contribution is 2.20. The fourth-order valence-corrected chi connectivity index (χ4v) is 3.34. The van der Waals surface area contributed by atoms with Crippen LogP contribution in [0.4, 0.5) is 0 Å². The molecule has 0 saturated carbocycles. The Morgan fingerprint density at radius 2 is 1.81 bits per heavy atom. The number of carbonyl (C=O) groups is 2. The molecule has 0 aromatic carbocycles. The SMILES string of the molecule is CCOC(=O)C1CCN(CC(=O)N2CCCCC2C)CC1. The van der Waals surface area contributed by atoms with E-state index in [2.05, 4.69) is 11.8 Å². The average molecular weight is 296 g/mol. The number of amides is 1. The van der Waals surface area contributed by atoms with E-state index >= 15 is 0 Å². The van der Waals surface area contributed by atoms with Gasteiger partial charge in [0.25, 0.3) is 0 Å². The van der Waals surface area contributed by atoms with Crippen LogP contribution >= 0.6 is 0 Å². The summed E-state index contributed by atoms with van der Waals surface area (Å²) >= 11 is 0. The van der Waals surface area contributed by atoms with Gasteiger partial charge >= 0.3 is 5.97 Å². The molecule has 0 aromatic rings. The molecule has 2 fully saturated rings. The van der Waals surface area contributed by atoms with E-state index in [1.807, 2.05) is 11.8 Å². The Morgan fingerprint density at radius 1 is 1.10 bits per heavy atom. The Labute approximate surface area is 127 Å². The third kappa shape index (κ3) is 4.43. The van der Waals surface area contributed by atoms with Crippen LogP contribution in [0.2, 0.25) is 0 Å². The molecule has 0 bridgehead atoms. The molecule has 1 unspecified atom stereocenters. The molecule has 5 nitrogen and oxygen atoms in total. The number of hydrogen-bond acceptors (Lipinski definition) is 4. The summed E-state index contributed by atoms with van der Waals surface area (Å²) in [6.45, 7) is 7.47. The molecule has 0 N–H and O–H groups in total. The molecule has 5 heteroatoms. The minimum absolute atomic E-state index is 0.0187. The lowest BCUT2D eigenvalue weighted by Gasteiger charge is -2.36. The molecule has 2 aliphatic heterocycles. The van der Waals surface area contributed by atoms with Crippen LogP contribution in [0, 0.1) is 5.92 Å². The van der Waals surface area contributed by atoms with E-state index in [-0.39, 0.29) is 17.8 Å². The van der Waals surface area contributed by atoms with Gasteiger partial charge in [-0.15, -0.1) is 0 Å². The molecule has 1 amide bonds. The predicted octanol–water partition coefficient (Wildman–Crippen LogP) is 1.66. The number of carbonyl (C=O) groups excluding carboxylic acids is 2. The van der Waals surface area contributed by atoms with Crippen molar-refractivity contribution < 1.29 is 14.3 Å². The maximum atomic E-state index is 12.4. The monoisotopic (exact) mass is 296 g/mol. The first-order valence-electron chi connectivity index (χ1n) is 8.30. The largest absolute Gasteiger partial charge is 0.466 e. The van der Waals surface area contributed by atoms with E-state index in [0.29, 0.717) is 19.2 Å². The van der Waals surface area contributed by atoms with Crippen LogP contribution in [0.3, 0.4) is 0 Å². The fraction of sp³-hybridized carbons (Fsp3) is 0.875. The summed E-state index contributed by atoms with van der Waals surface area (Å²) in [5, 5.41) is 0. The van der Waals surface area contributed by atoms with E-state index in [9.17, 15) is 9.59 Å². The van der Waals surface area contributed by atoms with Gasteiger partial charge in [-0.1, -0.05) is 0 Å². The van der Waals surface area contributed by atoms with Crippen LogP contribution in [0.5, 0.6) is 0 Å². The first kappa shape index (κ1) is 16.3. The van der Waals surface area contributed by atoms with Gasteiger partial charge in [-0.3, -0.25) is 14.5 Å². The lowest BCUT2D eigenvalue weighted by Crippen LogP contribution is -2.48. The van der Waals surface area contributed by atoms with Crippen molar-refractivity contribution in [1.82, 2.24) is 9.80 Å². The van der Waals surface area contributed by atoms with Crippen molar-refractivity contribution in [2.24, 2.45) is 5.92 Å². The molecule has 2 rings (SSSR count). The van der Waals surface area contributed by atoms with Gasteiger partial charge in [-0.25, -0.2) is 0 Å². The molecule has 0 aromatic heterocycles. The van der Waals surface area contributed by atoms with Crippen LogP contribution in [0.15, 0.2) is 0 Å². The number of nitrogens with zero attached hydrogens (tertiary/aromatic N) is 2. The highest BCUT2D eigenvalue weighted by molar-refractivity contribution is 5.78. The summed E-state index contributed by atoms with van der Waals surface area (Å²) in [5.41, 5.74) is 0. The van der Waals surface area contributed by atoms with Crippen LogP contribution < -0.4 is 0 Å². The normalized spacial score (nSPS) is 24.9. The zero-order valence-electron chi connectivity index (χ0n) is 13.3. The standard InChI is InChI=1S/C16H28N2O3/c1-3-21-16(20)14-7-10-17(11-8-14)12-15(19)18-9-5-4-6-13(18)2/h13-14H,3-12H2,1-2H3. The van der Waals surface area contributed by atoms with Crippen molar-refractivity contribution in [1.29, 1.82) is 0 Å². The number of piperidine rings is 2. The van der Waals surface area contributed by atoms with Gasteiger partial charge in [0.05, 0.1) is 19.1 Å². The van der Waals surface area contributed by atoms with Gasteiger partial charge in [-0.2, -0.15) is 0 Å². The summed E-state index contributed by atoms with van der Waals surface area (Å²) < 4.78 is 5.07. The number of esters is 1. The minimum atomic E-state index is -0.0758. The van der Waals surface area contributed by atoms with Gasteiger partial charge in [0.15, 0.2) is 0 Å². The summed E-state index contributed by atoms with van der Waals surface area (Å²) in [4.78, 5) is 28.3. The maximum Gasteiger partial charge on any atom is 0.309 e. The Bertz CT molecular complexity index is 365. The smallest absolute Gasteiger partial charge is 0.309 e. The van der Waals surface area contributed by atoms with E-state index in [1.165, 1.54) is 6.42 Å². The highest BCUT2D eigenvalue weighted by atomic mass is 16.5. The van der Waals surface area contributed by atoms with Crippen molar-refractivity contribution >= 4 is 11.9 Å². The topological polar surface area (TPSA) is 49.9 Å². The van der Waals surface area contributed by atoms with Crippen LogP contribution in [-0.2, 0) is 14.3 Å². The summed E-state index contributed by atoms with van der Waals surface area (Å²) in [6, 6.07) is 0.378. The predicted molar refractivity (Wildman–Crippen MR) is 80.8 cm³/mol. The zero-order valence-corrected chi connectivity index (χ0v) is 13.3.